The topological polar surface area (TPSA) is 46.8 Å². The Labute approximate surface area is 132 Å². The summed E-state index contributed by atoms with van der Waals surface area (Å²) >= 11 is 0. The number of amides is 1. The van der Waals surface area contributed by atoms with Gasteiger partial charge in [0.15, 0.2) is 5.65 Å². The van der Waals surface area contributed by atoms with Gasteiger partial charge in [-0.15, -0.1) is 0 Å². The number of nitrogens with zero attached hydrogens (tertiary/aromatic N) is 3. The third-order valence-corrected chi connectivity index (χ3v) is 4.07. The lowest BCUT2D eigenvalue weighted by Gasteiger charge is -2.15. The Morgan fingerprint density at radius 1 is 1.09 bits per heavy atom. The van der Waals surface area contributed by atoms with E-state index in [9.17, 15) is 4.79 Å². The van der Waals surface area contributed by atoms with Gasteiger partial charge in [-0.25, -0.2) is 10.0 Å². The van der Waals surface area contributed by atoms with E-state index in [1.165, 1.54) is 12.2 Å². The zero-order chi connectivity index (χ0) is 16.0. The van der Waals surface area contributed by atoms with E-state index in [-0.39, 0.29) is 5.91 Å². The molecule has 0 aliphatic heterocycles. The van der Waals surface area contributed by atoms with Crippen LogP contribution in [0.15, 0.2) is 54.6 Å². The number of hydrogen-bond acceptors (Lipinski definition) is 3. The van der Waals surface area contributed by atoms with Gasteiger partial charge in [0.25, 0.3) is 5.91 Å². The van der Waals surface area contributed by atoms with Gasteiger partial charge in [-0.3, -0.25) is 14.0 Å². The molecular formula is C18H15N3O2. The molecule has 5 nitrogen and oxygen atoms in total. The van der Waals surface area contributed by atoms with E-state index in [4.69, 9.17) is 4.84 Å². The van der Waals surface area contributed by atoms with Crippen LogP contribution in [0.2, 0.25) is 0 Å². The largest absolute Gasteiger partial charge is 0.292 e. The minimum absolute atomic E-state index is 0.224. The van der Waals surface area contributed by atoms with Crippen LogP contribution in [0.5, 0.6) is 0 Å². The van der Waals surface area contributed by atoms with Gasteiger partial charge in [0.05, 0.1) is 29.2 Å². The average molecular weight is 305 g/mol. The number of para-hydroxylation sites is 3. The molecule has 5 heteroatoms. The summed E-state index contributed by atoms with van der Waals surface area (Å²) in [6.45, 7) is 0. The number of carbonyl (C=O) groups is 1. The van der Waals surface area contributed by atoms with E-state index in [1.54, 1.807) is 7.05 Å². The number of hydrogen-bond donors (Lipinski definition) is 0. The molecule has 23 heavy (non-hydrogen) atoms. The van der Waals surface area contributed by atoms with Crippen LogP contribution >= 0.6 is 0 Å². The van der Waals surface area contributed by atoms with E-state index >= 15 is 0 Å². The summed E-state index contributed by atoms with van der Waals surface area (Å²) < 4.78 is 2.03. The van der Waals surface area contributed by atoms with E-state index in [2.05, 4.69) is 4.98 Å². The first-order chi connectivity index (χ1) is 11.2. The van der Waals surface area contributed by atoms with Crippen molar-refractivity contribution >= 4 is 33.5 Å². The SMILES string of the molecule is CON(C)C(=O)c1cc2ccccc2n2c1nc1ccccc12. The normalized spacial score (nSPS) is 11.4. The highest BCUT2D eigenvalue weighted by atomic mass is 16.7. The molecule has 4 rings (SSSR count). The van der Waals surface area contributed by atoms with Crippen molar-refractivity contribution in [3.05, 3.63) is 60.2 Å². The smallest absolute Gasteiger partial charge is 0.280 e. The van der Waals surface area contributed by atoms with Gasteiger partial charge in [0.2, 0.25) is 0 Å². The van der Waals surface area contributed by atoms with Crippen molar-refractivity contribution in [2.24, 2.45) is 0 Å². The van der Waals surface area contributed by atoms with E-state index < -0.39 is 0 Å². The van der Waals surface area contributed by atoms with Crippen LogP contribution in [-0.2, 0) is 4.84 Å². The van der Waals surface area contributed by atoms with Crippen LogP contribution in [0.3, 0.4) is 0 Å². The van der Waals surface area contributed by atoms with Crippen molar-refractivity contribution in [3.63, 3.8) is 0 Å². The monoisotopic (exact) mass is 305 g/mol. The van der Waals surface area contributed by atoms with Gasteiger partial charge in [-0.05, 0) is 29.7 Å². The Morgan fingerprint density at radius 3 is 2.57 bits per heavy atom. The summed E-state index contributed by atoms with van der Waals surface area (Å²) in [7, 11) is 3.06. The van der Waals surface area contributed by atoms with Crippen LogP contribution in [0, 0.1) is 0 Å². The Bertz CT molecular complexity index is 1050. The van der Waals surface area contributed by atoms with Crippen molar-refractivity contribution in [1.82, 2.24) is 14.4 Å². The molecule has 0 saturated carbocycles. The first-order valence-corrected chi connectivity index (χ1v) is 7.32. The van der Waals surface area contributed by atoms with Crippen LogP contribution in [-0.4, -0.2) is 34.5 Å². The number of hydroxylamine groups is 2. The molecule has 2 heterocycles. The zero-order valence-corrected chi connectivity index (χ0v) is 12.9. The number of fused-ring (bicyclic) bond motifs is 5. The molecular weight excluding hydrogens is 290 g/mol. The first kappa shape index (κ1) is 13.7. The lowest BCUT2D eigenvalue weighted by Crippen LogP contribution is -2.26. The Kier molecular flexibility index (Phi) is 3.02. The molecule has 1 amide bonds. The first-order valence-electron chi connectivity index (χ1n) is 7.32. The minimum Gasteiger partial charge on any atom is -0.292 e. The number of aromatic nitrogens is 2. The standard InChI is InChI=1S/C18H15N3O2/c1-20(23-2)18(22)13-11-12-7-3-5-9-15(12)21-16-10-6-4-8-14(16)19-17(13)21/h3-11H,1-2H3. The number of pyridine rings is 1. The summed E-state index contributed by atoms with van der Waals surface area (Å²) in [6.07, 6.45) is 0. The highest BCUT2D eigenvalue weighted by molar-refractivity contribution is 6.05. The van der Waals surface area contributed by atoms with Crippen LogP contribution < -0.4 is 0 Å². The second-order valence-corrected chi connectivity index (χ2v) is 5.36. The summed E-state index contributed by atoms with van der Waals surface area (Å²) in [5.74, 6) is -0.224. The average Bonchev–Trinajstić information content (AvgIpc) is 2.99. The van der Waals surface area contributed by atoms with E-state index in [0.29, 0.717) is 11.2 Å². The Morgan fingerprint density at radius 2 is 1.78 bits per heavy atom. The predicted octanol–water partition coefficient (Wildman–Crippen LogP) is 3.27. The number of rotatable bonds is 2. The highest BCUT2D eigenvalue weighted by Crippen LogP contribution is 2.26. The van der Waals surface area contributed by atoms with Crippen molar-refractivity contribution in [2.75, 3.05) is 14.2 Å². The van der Waals surface area contributed by atoms with Crippen molar-refractivity contribution in [1.29, 1.82) is 0 Å². The molecule has 0 aliphatic rings. The van der Waals surface area contributed by atoms with Crippen molar-refractivity contribution in [2.45, 2.75) is 0 Å². The molecule has 0 fully saturated rings. The molecule has 0 bridgehead atoms. The van der Waals surface area contributed by atoms with Crippen molar-refractivity contribution in [3.8, 4) is 0 Å². The number of benzene rings is 2. The molecule has 2 aromatic heterocycles. The zero-order valence-electron chi connectivity index (χ0n) is 12.9. The van der Waals surface area contributed by atoms with Crippen LogP contribution in [0.4, 0.5) is 0 Å². The molecule has 0 saturated heterocycles. The number of imidazole rings is 1. The molecule has 114 valence electrons. The Balaban J connectivity index is 2.19. The molecule has 0 unspecified atom stereocenters. The third-order valence-electron chi connectivity index (χ3n) is 4.07. The maximum atomic E-state index is 12.7. The summed E-state index contributed by atoms with van der Waals surface area (Å²) in [5, 5.41) is 2.19. The van der Waals surface area contributed by atoms with E-state index in [0.717, 1.165) is 21.9 Å². The fourth-order valence-corrected chi connectivity index (χ4v) is 2.89. The molecule has 0 aliphatic carbocycles. The summed E-state index contributed by atoms with van der Waals surface area (Å²) in [6, 6.07) is 17.7. The van der Waals surface area contributed by atoms with Gasteiger partial charge >= 0.3 is 0 Å². The third kappa shape index (κ3) is 1.98. The van der Waals surface area contributed by atoms with Crippen LogP contribution in [0.25, 0.3) is 27.6 Å². The highest BCUT2D eigenvalue weighted by Gasteiger charge is 2.20. The van der Waals surface area contributed by atoms with E-state index in [1.807, 2.05) is 59.0 Å². The molecule has 4 aromatic rings. The van der Waals surface area contributed by atoms with Crippen LogP contribution in [0.1, 0.15) is 10.4 Å². The van der Waals surface area contributed by atoms with Gasteiger partial charge in [0, 0.05) is 7.05 Å². The molecule has 0 radical (unpaired) electrons. The second-order valence-electron chi connectivity index (χ2n) is 5.36. The lowest BCUT2D eigenvalue weighted by atomic mass is 10.1. The molecule has 0 N–H and O–H groups in total. The predicted molar refractivity (Wildman–Crippen MR) is 89.3 cm³/mol. The van der Waals surface area contributed by atoms with Gasteiger partial charge in [-0.2, -0.15) is 0 Å². The maximum absolute atomic E-state index is 12.7. The molecule has 0 spiro atoms. The lowest BCUT2D eigenvalue weighted by molar-refractivity contribution is -0.0756. The van der Waals surface area contributed by atoms with Gasteiger partial charge in [0.1, 0.15) is 0 Å². The maximum Gasteiger partial charge on any atom is 0.280 e. The summed E-state index contributed by atoms with van der Waals surface area (Å²) in [4.78, 5) is 22.4. The summed E-state index contributed by atoms with van der Waals surface area (Å²) in [5.41, 5.74) is 4.02. The number of carbonyl (C=O) groups excluding carboxylic acids is 1. The fraction of sp³-hybridized carbons (Fsp3) is 0.111. The Hall–Kier alpha value is -2.92. The van der Waals surface area contributed by atoms with Crippen molar-refractivity contribution < 1.29 is 9.63 Å². The quantitative estimate of drug-likeness (QED) is 0.534. The fourth-order valence-electron chi connectivity index (χ4n) is 2.89. The minimum atomic E-state index is -0.224. The van der Waals surface area contributed by atoms with Gasteiger partial charge in [-0.1, -0.05) is 30.3 Å². The molecule has 0 atom stereocenters. The molecule has 2 aromatic carbocycles. The van der Waals surface area contributed by atoms with Gasteiger partial charge < -0.3 is 0 Å². The second kappa shape index (κ2) is 5.07.